The minimum atomic E-state index is 0.722. The Hall–Kier alpha value is -0.780. The van der Waals surface area contributed by atoms with Crippen molar-refractivity contribution in [1.82, 2.24) is 0 Å². The van der Waals surface area contributed by atoms with E-state index in [-0.39, 0.29) is 0 Å². The highest BCUT2D eigenvalue weighted by Crippen LogP contribution is 2.46. The van der Waals surface area contributed by atoms with Gasteiger partial charge in [-0.15, -0.1) is 0 Å². The normalized spacial score (nSPS) is 28.7. The van der Waals surface area contributed by atoms with E-state index in [1.807, 2.05) is 0 Å². The van der Waals surface area contributed by atoms with Crippen molar-refractivity contribution in [3.8, 4) is 0 Å². The Morgan fingerprint density at radius 1 is 0.560 bits per heavy atom. The second-order valence-corrected chi connectivity index (χ2v) is 9.37. The van der Waals surface area contributed by atoms with E-state index in [0.29, 0.717) is 0 Å². The molecule has 0 amide bonds. The van der Waals surface area contributed by atoms with Crippen molar-refractivity contribution < 1.29 is 0 Å². The van der Waals surface area contributed by atoms with E-state index in [4.69, 9.17) is 0 Å². The van der Waals surface area contributed by atoms with Crippen LogP contribution in [-0.2, 0) is 0 Å². The summed E-state index contributed by atoms with van der Waals surface area (Å²) in [5.41, 5.74) is 4.85. The molecule has 0 radical (unpaired) electrons. The molecule has 0 saturated heterocycles. The first-order valence-corrected chi connectivity index (χ1v) is 11.5. The molecule has 4 rings (SSSR count). The molecular weight excluding hydrogens is 300 g/mol. The molecule has 0 aromatic rings. The summed E-state index contributed by atoms with van der Waals surface area (Å²) in [6, 6.07) is 0. The molecule has 25 heavy (non-hydrogen) atoms. The third-order valence-electron chi connectivity index (χ3n) is 7.73. The zero-order valence-electron chi connectivity index (χ0n) is 16.3. The fourth-order valence-electron chi connectivity index (χ4n) is 6.21. The van der Waals surface area contributed by atoms with Gasteiger partial charge in [-0.25, -0.2) is 0 Å². The average molecular weight is 339 g/mol. The Kier molecular flexibility index (Phi) is 5.83. The molecule has 0 N–H and O–H groups in total. The third kappa shape index (κ3) is 3.99. The highest BCUT2D eigenvalue weighted by molar-refractivity contribution is 5.51. The summed E-state index contributed by atoms with van der Waals surface area (Å²) >= 11 is 0. The molecule has 0 bridgehead atoms. The molecule has 0 aliphatic heterocycles. The molecule has 138 valence electrons. The van der Waals surface area contributed by atoms with Crippen molar-refractivity contribution in [2.24, 2.45) is 23.7 Å². The van der Waals surface area contributed by atoms with Crippen LogP contribution in [0.4, 0.5) is 0 Å². The Balaban J connectivity index is 1.60. The van der Waals surface area contributed by atoms with Gasteiger partial charge in [-0.1, -0.05) is 76.5 Å². The van der Waals surface area contributed by atoms with Gasteiger partial charge in [-0.05, 0) is 78.9 Å². The van der Waals surface area contributed by atoms with Crippen molar-refractivity contribution in [3.05, 3.63) is 35.5 Å². The molecule has 3 fully saturated rings. The van der Waals surface area contributed by atoms with Gasteiger partial charge >= 0.3 is 0 Å². The number of rotatable bonds is 3. The minimum absolute atomic E-state index is 0.722. The van der Waals surface area contributed by atoms with Gasteiger partial charge in [0.2, 0.25) is 0 Å². The van der Waals surface area contributed by atoms with Crippen LogP contribution in [0.15, 0.2) is 35.5 Å². The van der Waals surface area contributed by atoms with E-state index < -0.39 is 0 Å². The molecule has 3 saturated carbocycles. The van der Waals surface area contributed by atoms with E-state index in [9.17, 15) is 0 Å². The van der Waals surface area contributed by atoms with Crippen molar-refractivity contribution in [2.45, 2.75) is 96.3 Å². The molecule has 0 aromatic heterocycles. The Labute approximate surface area is 155 Å². The highest BCUT2D eigenvalue weighted by Gasteiger charge is 2.32. The van der Waals surface area contributed by atoms with Crippen LogP contribution in [0.5, 0.6) is 0 Å². The van der Waals surface area contributed by atoms with Gasteiger partial charge in [0.1, 0.15) is 0 Å². The topological polar surface area (TPSA) is 0 Å². The van der Waals surface area contributed by atoms with Gasteiger partial charge in [0, 0.05) is 0 Å². The van der Waals surface area contributed by atoms with Crippen molar-refractivity contribution >= 4 is 0 Å². The van der Waals surface area contributed by atoms with E-state index in [1.54, 1.807) is 11.1 Å². The third-order valence-corrected chi connectivity index (χ3v) is 7.73. The summed E-state index contributed by atoms with van der Waals surface area (Å²) in [6.45, 7) is 4.67. The lowest BCUT2D eigenvalue weighted by atomic mass is 9.67. The summed E-state index contributed by atoms with van der Waals surface area (Å²) in [4.78, 5) is 0. The maximum absolute atomic E-state index is 4.67. The Bertz CT molecular complexity index is 478. The largest absolute Gasteiger partial charge is 0.0912 e. The van der Waals surface area contributed by atoms with Crippen LogP contribution in [-0.4, -0.2) is 0 Å². The predicted octanol–water partition coefficient (Wildman–Crippen LogP) is 7.77. The molecule has 4 aliphatic carbocycles. The molecule has 4 aliphatic rings. The second-order valence-electron chi connectivity index (χ2n) is 9.37. The smallest absolute Gasteiger partial charge is 0.00129 e. The molecule has 0 nitrogen and oxygen atoms in total. The maximum atomic E-state index is 4.67. The first kappa shape index (κ1) is 17.6. The highest BCUT2D eigenvalue weighted by atomic mass is 14.4. The van der Waals surface area contributed by atoms with Crippen LogP contribution in [0, 0.1) is 23.7 Å². The average Bonchev–Trinajstić information content (AvgIpc) is 2.70. The SMILES string of the molecule is C=C1C(C2CCCCC2)=CC(C2CCCCC2)C=C1C1CCCCC1. The second kappa shape index (κ2) is 8.28. The van der Waals surface area contributed by atoms with Crippen LogP contribution in [0.2, 0.25) is 0 Å². The molecule has 0 spiro atoms. The molecule has 0 heteroatoms. The number of allylic oxidation sites excluding steroid dienone is 5. The van der Waals surface area contributed by atoms with Crippen LogP contribution in [0.3, 0.4) is 0 Å². The minimum Gasteiger partial charge on any atom is -0.0912 e. The lowest BCUT2D eigenvalue weighted by molar-refractivity contribution is 0.309. The molecule has 0 atom stereocenters. The summed E-state index contributed by atoms with van der Waals surface area (Å²) in [5, 5.41) is 0. The van der Waals surface area contributed by atoms with Crippen molar-refractivity contribution in [2.75, 3.05) is 0 Å². The zero-order chi connectivity index (χ0) is 17.1. The van der Waals surface area contributed by atoms with E-state index in [0.717, 1.165) is 23.7 Å². The Morgan fingerprint density at radius 3 is 1.40 bits per heavy atom. The van der Waals surface area contributed by atoms with Crippen LogP contribution in [0.25, 0.3) is 0 Å². The summed E-state index contributed by atoms with van der Waals surface area (Å²) < 4.78 is 0. The van der Waals surface area contributed by atoms with E-state index in [2.05, 4.69) is 18.7 Å². The van der Waals surface area contributed by atoms with Gasteiger partial charge < -0.3 is 0 Å². The summed E-state index contributed by atoms with van der Waals surface area (Å²) in [7, 11) is 0. The lowest BCUT2D eigenvalue weighted by Gasteiger charge is -2.37. The first-order valence-electron chi connectivity index (χ1n) is 11.5. The fourth-order valence-corrected chi connectivity index (χ4v) is 6.21. The summed E-state index contributed by atoms with van der Waals surface area (Å²) in [6.07, 6.45) is 27.0. The number of hydrogen-bond acceptors (Lipinski definition) is 0. The monoisotopic (exact) mass is 338 g/mol. The summed E-state index contributed by atoms with van der Waals surface area (Å²) in [5.74, 6) is 3.28. The van der Waals surface area contributed by atoms with Gasteiger partial charge in [0.15, 0.2) is 0 Å². The van der Waals surface area contributed by atoms with Gasteiger partial charge in [0.25, 0.3) is 0 Å². The molecule has 0 unspecified atom stereocenters. The van der Waals surface area contributed by atoms with Gasteiger partial charge in [-0.3, -0.25) is 0 Å². The van der Waals surface area contributed by atoms with Crippen LogP contribution in [0.1, 0.15) is 96.3 Å². The maximum Gasteiger partial charge on any atom is -0.00129 e. The molecule has 0 aromatic carbocycles. The van der Waals surface area contributed by atoms with E-state index in [1.165, 1.54) is 102 Å². The van der Waals surface area contributed by atoms with Crippen LogP contribution < -0.4 is 0 Å². The first-order chi connectivity index (χ1) is 12.3. The quantitative estimate of drug-likeness (QED) is 0.493. The van der Waals surface area contributed by atoms with Crippen molar-refractivity contribution in [1.29, 1.82) is 0 Å². The number of hydrogen-bond donors (Lipinski definition) is 0. The van der Waals surface area contributed by atoms with Gasteiger partial charge in [-0.2, -0.15) is 0 Å². The molecular formula is C25H38. The zero-order valence-corrected chi connectivity index (χ0v) is 16.3. The van der Waals surface area contributed by atoms with Crippen molar-refractivity contribution in [3.63, 3.8) is 0 Å². The fraction of sp³-hybridized carbons (Fsp3) is 0.760. The van der Waals surface area contributed by atoms with E-state index >= 15 is 0 Å². The Morgan fingerprint density at radius 2 is 0.960 bits per heavy atom. The lowest BCUT2D eigenvalue weighted by Crippen LogP contribution is -2.24. The predicted molar refractivity (Wildman–Crippen MR) is 109 cm³/mol. The molecule has 0 heterocycles. The van der Waals surface area contributed by atoms with Crippen LogP contribution >= 0.6 is 0 Å². The standard InChI is InChI=1S/C25H38/c1-19-24(21-13-7-3-8-14-21)17-23(20-11-5-2-6-12-20)18-25(19)22-15-9-4-10-16-22/h17-18,20-23H,1-16H2. The van der Waals surface area contributed by atoms with Gasteiger partial charge in [0.05, 0.1) is 0 Å².